The van der Waals surface area contributed by atoms with Gasteiger partial charge in [0.05, 0.1) is 0 Å². The van der Waals surface area contributed by atoms with E-state index in [-0.39, 0.29) is 0 Å². The number of hydrogen-bond donors (Lipinski definition) is 1. The van der Waals surface area contributed by atoms with Crippen LogP contribution in [0.2, 0.25) is 0 Å². The van der Waals surface area contributed by atoms with E-state index in [9.17, 15) is 0 Å². The lowest BCUT2D eigenvalue weighted by atomic mass is 10.2. The van der Waals surface area contributed by atoms with Gasteiger partial charge in [0.25, 0.3) is 0 Å². The zero-order valence-electron chi connectivity index (χ0n) is 11.3. The molecular formula is C15H22N4. The second kappa shape index (κ2) is 5.61. The lowest BCUT2D eigenvalue weighted by Crippen LogP contribution is -2.36. The number of rotatable bonds is 5. The molecule has 2 aromatic rings. The Bertz CT molecular complexity index is 528. The molecule has 102 valence electrons. The molecule has 0 atom stereocenters. The molecule has 19 heavy (non-hydrogen) atoms. The molecule has 4 heteroatoms. The van der Waals surface area contributed by atoms with E-state index in [0.29, 0.717) is 6.04 Å². The van der Waals surface area contributed by atoms with E-state index in [0.717, 1.165) is 25.2 Å². The molecule has 3 rings (SSSR count). The second-order valence-electron chi connectivity index (χ2n) is 5.31. The van der Waals surface area contributed by atoms with E-state index in [4.69, 9.17) is 5.73 Å². The average Bonchev–Trinajstić information content (AvgIpc) is 3.10. The highest BCUT2D eigenvalue weighted by atomic mass is 15.2. The summed E-state index contributed by atoms with van der Waals surface area (Å²) in [6, 6.07) is 7.02. The number of anilines is 1. The van der Waals surface area contributed by atoms with E-state index in [1.165, 1.54) is 31.5 Å². The highest BCUT2D eigenvalue weighted by molar-refractivity contribution is 5.52. The zero-order chi connectivity index (χ0) is 13.1. The van der Waals surface area contributed by atoms with Crippen LogP contribution in [0.5, 0.6) is 0 Å². The summed E-state index contributed by atoms with van der Waals surface area (Å²) in [5.74, 6) is 1.26. The lowest BCUT2D eigenvalue weighted by molar-refractivity contribution is 0.584. The van der Waals surface area contributed by atoms with Crippen LogP contribution in [0.3, 0.4) is 0 Å². The summed E-state index contributed by atoms with van der Waals surface area (Å²) in [7, 11) is 0. The molecule has 2 aromatic heterocycles. The SMILES string of the molecule is NCCCN(c1cccc2nccn12)C1CCCC1. The van der Waals surface area contributed by atoms with Gasteiger partial charge in [0.1, 0.15) is 11.5 Å². The van der Waals surface area contributed by atoms with Crippen molar-refractivity contribution < 1.29 is 0 Å². The lowest BCUT2D eigenvalue weighted by Gasteiger charge is -2.31. The van der Waals surface area contributed by atoms with E-state index < -0.39 is 0 Å². The summed E-state index contributed by atoms with van der Waals surface area (Å²) in [4.78, 5) is 6.92. The number of hydrogen-bond acceptors (Lipinski definition) is 3. The summed E-state index contributed by atoms with van der Waals surface area (Å²) >= 11 is 0. The van der Waals surface area contributed by atoms with Crippen molar-refractivity contribution in [1.29, 1.82) is 0 Å². The predicted molar refractivity (Wildman–Crippen MR) is 78.5 cm³/mol. The Morgan fingerprint density at radius 3 is 2.95 bits per heavy atom. The Kier molecular flexibility index (Phi) is 3.69. The van der Waals surface area contributed by atoms with Gasteiger partial charge in [-0.15, -0.1) is 0 Å². The van der Waals surface area contributed by atoms with Crippen LogP contribution in [0.25, 0.3) is 5.65 Å². The van der Waals surface area contributed by atoms with Gasteiger partial charge in [0, 0.05) is 25.0 Å². The highest BCUT2D eigenvalue weighted by Crippen LogP contribution is 2.28. The summed E-state index contributed by atoms with van der Waals surface area (Å²) in [5.41, 5.74) is 6.72. The van der Waals surface area contributed by atoms with Crippen molar-refractivity contribution in [3.63, 3.8) is 0 Å². The number of aromatic nitrogens is 2. The third-order valence-corrected chi connectivity index (χ3v) is 4.07. The quantitative estimate of drug-likeness (QED) is 0.896. The Morgan fingerprint density at radius 2 is 2.16 bits per heavy atom. The summed E-state index contributed by atoms with van der Waals surface area (Å²) in [6.07, 6.45) is 10.3. The minimum absolute atomic E-state index is 0.666. The van der Waals surface area contributed by atoms with E-state index >= 15 is 0 Å². The fourth-order valence-electron chi connectivity index (χ4n) is 3.13. The van der Waals surface area contributed by atoms with Gasteiger partial charge in [0.15, 0.2) is 0 Å². The Balaban J connectivity index is 1.95. The molecule has 0 unspecified atom stereocenters. The molecule has 0 bridgehead atoms. The van der Waals surface area contributed by atoms with Crippen molar-refractivity contribution in [3.05, 3.63) is 30.6 Å². The van der Waals surface area contributed by atoms with Gasteiger partial charge in [-0.3, -0.25) is 4.40 Å². The number of pyridine rings is 1. The first-order valence-electron chi connectivity index (χ1n) is 7.29. The maximum Gasteiger partial charge on any atom is 0.138 e. The first kappa shape index (κ1) is 12.5. The van der Waals surface area contributed by atoms with Crippen molar-refractivity contribution in [3.8, 4) is 0 Å². The zero-order valence-corrected chi connectivity index (χ0v) is 11.3. The van der Waals surface area contributed by atoms with Crippen LogP contribution in [0.4, 0.5) is 5.82 Å². The average molecular weight is 258 g/mol. The second-order valence-corrected chi connectivity index (χ2v) is 5.31. The van der Waals surface area contributed by atoms with Crippen LogP contribution >= 0.6 is 0 Å². The van der Waals surface area contributed by atoms with Gasteiger partial charge >= 0.3 is 0 Å². The fourth-order valence-corrected chi connectivity index (χ4v) is 3.13. The topological polar surface area (TPSA) is 46.6 Å². The number of nitrogens with zero attached hydrogens (tertiary/aromatic N) is 3. The van der Waals surface area contributed by atoms with Crippen molar-refractivity contribution >= 4 is 11.5 Å². The third kappa shape index (κ3) is 2.45. The summed E-state index contributed by atoms with van der Waals surface area (Å²) in [6.45, 7) is 1.79. The minimum Gasteiger partial charge on any atom is -0.355 e. The molecule has 1 aliphatic carbocycles. The maximum atomic E-state index is 5.70. The largest absolute Gasteiger partial charge is 0.355 e. The Hall–Kier alpha value is -1.55. The molecule has 0 amide bonds. The minimum atomic E-state index is 0.666. The molecular weight excluding hydrogens is 236 g/mol. The van der Waals surface area contributed by atoms with Crippen LogP contribution < -0.4 is 10.6 Å². The molecule has 1 saturated carbocycles. The molecule has 1 fully saturated rings. The van der Waals surface area contributed by atoms with E-state index in [1.807, 2.05) is 6.20 Å². The maximum absolute atomic E-state index is 5.70. The van der Waals surface area contributed by atoms with Crippen LogP contribution in [-0.2, 0) is 0 Å². The van der Waals surface area contributed by atoms with Crippen LogP contribution in [0, 0.1) is 0 Å². The van der Waals surface area contributed by atoms with Gasteiger partial charge in [-0.2, -0.15) is 0 Å². The smallest absolute Gasteiger partial charge is 0.138 e. The molecule has 4 nitrogen and oxygen atoms in total. The van der Waals surface area contributed by atoms with E-state index in [2.05, 4.69) is 38.7 Å². The van der Waals surface area contributed by atoms with Crippen LogP contribution in [0.15, 0.2) is 30.6 Å². The molecule has 2 N–H and O–H groups in total. The van der Waals surface area contributed by atoms with Crippen LogP contribution in [0.1, 0.15) is 32.1 Å². The molecule has 0 radical (unpaired) electrons. The van der Waals surface area contributed by atoms with Gasteiger partial charge in [-0.25, -0.2) is 4.98 Å². The van der Waals surface area contributed by atoms with Gasteiger partial charge in [-0.05, 0) is 37.9 Å². The summed E-state index contributed by atoms with van der Waals surface area (Å²) in [5, 5.41) is 0. The Morgan fingerprint density at radius 1 is 1.32 bits per heavy atom. The normalized spacial score (nSPS) is 16.3. The number of fused-ring (bicyclic) bond motifs is 1. The van der Waals surface area contributed by atoms with Gasteiger partial charge < -0.3 is 10.6 Å². The molecule has 0 saturated heterocycles. The molecule has 0 aliphatic heterocycles. The van der Waals surface area contributed by atoms with Crippen molar-refractivity contribution in [2.45, 2.75) is 38.1 Å². The fraction of sp³-hybridized carbons (Fsp3) is 0.533. The number of imidazole rings is 1. The van der Waals surface area contributed by atoms with Crippen molar-refractivity contribution in [2.75, 3.05) is 18.0 Å². The van der Waals surface area contributed by atoms with Gasteiger partial charge in [-0.1, -0.05) is 18.9 Å². The molecule has 2 heterocycles. The van der Waals surface area contributed by atoms with E-state index in [1.54, 1.807) is 0 Å². The van der Waals surface area contributed by atoms with Gasteiger partial charge in [0.2, 0.25) is 0 Å². The monoisotopic (exact) mass is 258 g/mol. The van der Waals surface area contributed by atoms with Crippen molar-refractivity contribution in [2.24, 2.45) is 5.73 Å². The molecule has 0 spiro atoms. The van der Waals surface area contributed by atoms with Crippen molar-refractivity contribution in [1.82, 2.24) is 9.38 Å². The standard InChI is InChI=1S/C15H22N4/c16-9-4-11-18(13-5-1-2-6-13)15-8-3-7-14-17-10-12-19(14)15/h3,7-8,10,12-13H,1-2,4-6,9,11,16H2. The predicted octanol–water partition coefficient (Wildman–Crippen LogP) is 2.43. The summed E-state index contributed by atoms with van der Waals surface area (Å²) < 4.78 is 2.19. The third-order valence-electron chi connectivity index (χ3n) is 4.07. The first-order valence-corrected chi connectivity index (χ1v) is 7.29. The first-order chi connectivity index (χ1) is 9.40. The molecule has 1 aliphatic rings. The highest BCUT2D eigenvalue weighted by Gasteiger charge is 2.23. The number of nitrogens with two attached hydrogens (primary N) is 1. The Labute approximate surface area is 114 Å². The van der Waals surface area contributed by atoms with Crippen LogP contribution in [-0.4, -0.2) is 28.5 Å². The molecule has 0 aromatic carbocycles.